The largest absolute Gasteiger partial charge is 0.494 e. The third-order valence-electron chi connectivity index (χ3n) is 3.72. The highest BCUT2D eigenvalue weighted by atomic mass is 35.5. The Bertz CT molecular complexity index is 948. The van der Waals surface area contributed by atoms with Crippen LogP contribution in [0, 0.1) is 6.92 Å². The maximum Gasteiger partial charge on any atom is 0.283 e. The number of carbonyl (C=O) groups is 1. The summed E-state index contributed by atoms with van der Waals surface area (Å²) in [5.74, 6) is 0.508. The van der Waals surface area contributed by atoms with Crippen molar-refractivity contribution in [3.8, 4) is 5.75 Å². The predicted octanol–water partition coefficient (Wildman–Crippen LogP) is 5.42. The number of thiophene rings is 1. The van der Waals surface area contributed by atoms with Gasteiger partial charge >= 0.3 is 0 Å². The molecule has 0 radical (unpaired) electrons. The molecule has 0 aliphatic heterocycles. The van der Waals surface area contributed by atoms with Crippen LogP contribution in [0.4, 0.5) is 0 Å². The summed E-state index contributed by atoms with van der Waals surface area (Å²) in [6.45, 7) is 4.77. The number of halogens is 1. The van der Waals surface area contributed by atoms with Crippen molar-refractivity contribution in [2.24, 2.45) is 5.10 Å². The van der Waals surface area contributed by atoms with E-state index >= 15 is 0 Å². The van der Waals surface area contributed by atoms with E-state index < -0.39 is 0 Å². The number of aryl methyl sites for hydroxylation is 1. The average molecular weight is 387 g/mol. The fourth-order valence-corrected chi connectivity index (χ4v) is 3.91. The van der Waals surface area contributed by atoms with Gasteiger partial charge in [0.1, 0.15) is 10.6 Å². The summed E-state index contributed by atoms with van der Waals surface area (Å²) in [6.07, 6.45) is 2.56. The molecule has 0 saturated heterocycles. The predicted molar refractivity (Wildman–Crippen MR) is 109 cm³/mol. The van der Waals surface area contributed by atoms with Crippen molar-refractivity contribution in [1.29, 1.82) is 0 Å². The van der Waals surface area contributed by atoms with Crippen molar-refractivity contribution < 1.29 is 9.53 Å². The van der Waals surface area contributed by atoms with Crippen molar-refractivity contribution >= 4 is 45.1 Å². The summed E-state index contributed by atoms with van der Waals surface area (Å²) in [4.78, 5) is 12.8. The number of benzene rings is 2. The molecular weight excluding hydrogens is 368 g/mol. The molecule has 0 atom stereocenters. The Morgan fingerprint density at radius 2 is 2.04 bits per heavy atom. The van der Waals surface area contributed by atoms with Gasteiger partial charge in [0, 0.05) is 10.1 Å². The van der Waals surface area contributed by atoms with Crippen LogP contribution in [-0.4, -0.2) is 18.7 Å². The SMILES string of the molecule is CCCOc1ccc(C=NNC(=O)c2sc3cc(C)ccc3c2Cl)cc1. The second-order valence-corrected chi connectivity index (χ2v) is 7.29. The highest BCUT2D eigenvalue weighted by molar-refractivity contribution is 7.21. The Labute approximate surface area is 161 Å². The molecule has 0 bridgehead atoms. The fourth-order valence-electron chi connectivity index (χ4n) is 2.40. The zero-order chi connectivity index (χ0) is 18.5. The maximum atomic E-state index is 12.4. The van der Waals surface area contributed by atoms with Gasteiger partial charge in [0.15, 0.2) is 0 Å². The molecule has 1 aromatic heterocycles. The van der Waals surface area contributed by atoms with Gasteiger partial charge in [0.05, 0.1) is 17.8 Å². The van der Waals surface area contributed by atoms with E-state index in [1.807, 2.05) is 49.4 Å². The van der Waals surface area contributed by atoms with Crippen LogP contribution in [0.1, 0.15) is 34.1 Å². The first-order valence-corrected chi connectivity index (χ1v) is 9.53. The fraction of sp³-hybridized carbons (Fsp3) is 0.200. The summed E-state index contributed by atoms with van der Waals surface area (Å²) in [6, 6.07) is 13.5. The number of amides is 1. The highest BCUT2D eigenvalue weighted by Gasteiger charge is 2.16. The number of carbonyl (C=O) groups excluding carboxylic acids is 1. The van der Waals surface area contributed by atoms with Crippen LogP contribution in [0.2, 0.25) is 5.02 Å². The van der Waals surface area contributed by atoms with Gasteiger partial charge in [-0.05, 0) is 54.8 Å². The Morgan fingerprint density at radius 1 is 1.27 bits per heavy atom. The molecule has 3 rings (SSSR count). The van der Waals surface area contributed by atoms with Gasteiger partial charge < -0.3 is 4.74 Å². The Hall–Kier alpha value is -2.37. The molecule has 1 amide bonds. The molecule has 0 fully saturated rings. The lowest BCUT2D eigenvalue weighted by Gasteiger charge is -2.03. The van der Waals surface area contributed by atoms with E-state index in [1.54, 1.807) is 6.21 Å². The van der Waals surface area contributed by atoms with Gasteiger partial charge in [-0.25, -0.2) is 5.43 Å². The van der Waals surface area contributed by atoms with Crippen LogP contribution in [-0.2, 0) is 0 Å². The van der Waals surface area contributed by atoms with Gasteiger partial charge in [-0.2, -0.15) is 5.10 Å². The van der Waals surface area contributed by atoms with E-state index in [-0.39, 0.29) is 5.91 Å². The molecule has 134 valence electrons. The van der Waals surface area contributed by atoms with Crippen LogP contribution in [0.25, 0.3) is 10.1 Å². The van der Waals surface area contributed by atoms with Gasteiger partial charge in [-0.3, -0.25) is 4.79 Å². The van der Waals surface area contributed by atoms with E-state index in [0.717, 1.165) is 33.4 Å². The summed E-state index contributed by atoms with van der Waals surface area (Å²) in [5.41, 5.74) is 4.54. The Morgan fingerprint density at radius 3 is 2.77 bits per heavy atom. The minimum absolute atomic E-state index is 0.312. The zero-order valence-corrected chi connectivity index (χ0v) is 16.2. The molecule has 26 heavy (non-hydrogen) atoms. The molecule has 0 unspecified atom stereocenters. The van der Waals surface area contributed by atoms with Crippen molar-refractivity contribution in [2.75, 3.05) is 6.61 Å². The minimum Gasteiger partial charge on any atom is -0.494 e. The number of hydrogen-bond donors (Lipinski definition) is 1. The molecule has 1 heterocycles. The lowest BCUT2D eigenvalue weighted by molar-refractivity contribution is 0.0959. The minimum atomic E-state index is -0.312. The molecule has 0 spiro atoms. The zero-order valence-electron chi connectivity index (χ0n) is 14.6. The smallest absolute Gasteiger partial charge is 0.283 e. The summed E-state index contributed by atoms with van der Waals surface area (Å²) in [7, 11) is 0. The molecule has 6 heteroatoms. The average Bonchev–Trinajstić information content (AvgIpc) is 2.97. The van der Waals surface area contributed by atoms with Gasteiger partial charge in [0.2, 0.25) is 0 Å². The monoisotopic (exact) mass is 386 g/mol. The third kappa shape index (κ3) is 4.23. The van der Waals surface area contributed by atoms with Crippen LogP contribution >= 0.6 is 22.9 Å². The number of nitrogens with one attached hydrogen (secondary N) is 1. The number of ether oxygens (including phenoxy) is 1. The highest BCUT2D eigenvalue weighted by Crippen LogP contribution is 2.35. The van der Waals surface area contributed by atoms with E-state index in [0.29, 0.717) is 16.5 Å². The van der Waals surface area contributed by atoms with Gasteiger partial charge in [-0.1, -0.05) is 30.7 Å². The van der Waals surface area contributed by atoms with Crippen molar-refractivity contribution in [1.82, 2.24) is 5.43 Å². The summed E-state index contributed by atoms with van der Waals surface area (Å²) < 4.78 is 6.53. The van der Waals surface area contributed by atoms with E-state index in [4.69, 9.17) is 16.3 Å². The number of nitrogens with zero attached hydrogens (tertiary/aromatic N) is 1. The molecule has 0 aliphatic carbocycles. The number of rotatable bonds is 6. The van der Waals surface area contributed by atoms with Gasteiger partial charge in [0.25, 0.3) is 5.91 Å². The second kappa shape index (κ2) is 8.34. The molecule has 2 aromatic carbocycles. The molecular formula is C20H19ClN2O2S. The van der Waals surface area contributed by atoms with E-state index in [2.05, 4.69) is 17.5 Å². The first kappa shape index (κ1) is 18.4. The topological polar surface area (TPSA) is 50.7 Å². The van der Waals surface area contributed by atoms with E-state index in [1.165, 1.54) is 11.3 Å². The summed E-state index contributed by atoms with van der Waals surface area (Å²) in [5, 5.41) is 5.38. The van der Waals surface area contributed by atoms with Crippen molar-refractivity contribution in [3.05, 3.63) is 63.5 Å². The summed E-state index contributed by atoms with van der Waals surface area (Å²) >= 11 is 7.71. The Balaban J connectivity index is 1.67. The normalized spacial score (nSPS) is 11.2. The third-order valence-corrected chi connectivity index (χ3v) is 5.38. The molecule has 3 aromatic rings. The number of hydrazone groups is 1. The van der Waals surface area contributed by atoms with Crippen molar-refractivity contribution in [2.45, 2.75) is 20.3 Å². The first-order chi connectivity index (χ1) is 12.6. The molecule has 0 saturated carbocycles. The lowest BCUT2D eigenvalue weighted by atomic mass is 10.2. The maximum absolute atomic E-state index is 12.4. The number of fused-ring (bicyclic) bond motifs is 1. The molecule has 1 N–H and O–H groups in total. The van der Waals surface area contributed by atoms with E-state index in [9.17, 15) is 4.79 Å². The second-order valence-electron chi connectivity index (χ2n) is 5.86. The van der Waals surface area contributed by atoms with Crippen LogP contribution in [0.15, 0.2) is 47.6 Å². The Kier molecular flexibility index (Phi) is 5.91. The van der Waals surface area contributed by atoms with Gasteiger partial charge in [-0.15, -0.1) is 11.3 Å². The number of hydrogen-bond acceptors (Lipinski definition) is 4. The van der Waals surface area contributed by atoms with Crippen LogP contribution < -0.4 is 10.2 Å². The standard InChI is InChI=1S/C20H19ClN2O2S/c1-3-10-25-15-7-5-14(6-8-15)12-22-23-20(24)19-18(21)16-9-4-13(2)11-17(16)26-19/h4-9,11-12H,3,10H2,1-2H3,(H,23,24). The lowest BCUT2D eigenvalue weighted by Crippen LogP contribution is -2.16. The molecule has 4 nitrogen and oxygen atoms in total. The molecule has 0 aliphatic rings. The van der Waals surface area contributed by atoms with Crippen molar-refractivity contribution in [3.63, 3.8) is 0 Å². The van der Waals surface area contributed by atoms with Crippen LogP contribution in [0.5, 0.6) is 5.75 Å². The van der Waals surface area contributed by atoms with Crippen LogP contribution in [0.3, 0.4) is 0 Å². The first-order valence-electron chi connectivity index (χ1n) is 8.33. The quantitative estimate of drug-likeness (QED) is 0.454.